The Balaban J connectivity index is 1.22. The molecule has 0 bridgehead atoms. The lowest BCUT2D eigenvalue weighted by molar-refractivity contribution is -0.117. The molecular weight excluding hydrogens is 404 g/mol. The third-order valence-electron chi connectivity index (χ3n) is 4.81. The molecule has 8 heteroatoms. The second-order valence-corrected chi connectivity index (χ2v) is 8.92. The molecule has 0 saturated carbocycles. The number of benzene rings is 1. The molecule has 6 nitrogen and oxygen atoms in total. The van der Waals surface area contributed by atoms with Crippen molar-refractivity contribution in [3.8, 4) is 9.88 Å². The average Bonchev–Trinajstić information content (AvgIpc) is 3.42. The van der Waals surface area contributed by atoms with E-state index in [4.69, 9.17) is 0 Å². The van der Waals surface area contributed by atoms with E-state index < -0.39 is 0 Å². The van der Waals surface area contributed by atoms with Gasteiger partial charge in [0.1, 0.15) is 9.88 Å². The van der Waals surface area contributed by atoms with Crippen LogP contribution < -0.4 is 10.6 Å². The van der Waals surface area contributed by atoms with Crippen LogP contribution >= 0.6 is 22.7 Å². The number of para-hydroxylation sites is 1. The van der Waals surface area contributed by atoms with Gasteiger partial charge in [0.15, 0.2) is 0 Å². The summed E-state index contributed by atoms with van der Waals surface area (Å²) >= 11 is 3.04. The second-order valence-electron chi connectivity index (χ2n) is 6.95. The summed E-state index contributed by atoms with van der Waals surface area (Å²) in [5, 5.41) is 8.91. The number of nitrogens with zero attached hydrogens (tertiary/aromatic N) is 2. The maximum absolute atomic E-state index is 12.5. The largest absolute Gasteiger partial charge is 0.348 e. The Bertz CT molecular complexity index is 948. The van der Waals surface area contributed by atoms with Gasteiger partial charge in [0.05, 0.1) is 17.6 Å². The molecule has 1 aliphatic heterocycles. The molecule has 0 unspecified atom stereocenters. The molecule has 2 aromatic heterocycles. The standard InChI is InChI=1S/C21H22N4O2S2/c26-19(23-15-5-2-1-3-6-15)14-25-10-8-16(9-11-25)24-20(27)18-13-22-21(29-18)17-7-4-12-28-17/h1-7,12-13,16H,8-11,14H2,(H,23,26)(H,24,27). The van der Waals surface area contributed by atoms with Crippen molar-refractivity contribution in [3.63, 3.8) is 0 Å². The Kier molecular flexibility index (Phi) is 6.33. The van der Waals surface area contributed by atoms with Gasteiger partial charge in [-0.15, -0.1) is 22.7 Å². The van der Waals surface area contributed by atoms with E-state index in [1.54, 1.807) is 17.5 Å². The van der Waals surface area contributed by atoms with Crippen molar-refractivity contribution in [2.24, 2.45) is 0 Å². The molecular formula is C21H22N4O2S2. The van der Waals surface area contributed by atoms with Crippen molar-refractivity contribution in [2.75, 3.05) is 25.0 Å². The highest BCUT2D eigenvalue weighted by atomic mass is 32.1. The van der Waals surface area contributed by atoms with Crippen LogP contribution in [0.2, 0.25) is 0 Å². The van der Waals surface area contributed by atoms with Gasteiger partial charge in [-0.1, -0.05) is 24.3 Å². The van der Waals surface area contributed by atoms with Crippen LogP contribution in [0.3, 0.4) is 0 Å². The first-order valence-corrected chi connectivity index (χ1v) is 11.2. The third-order valence-corrected chi connectivity index (χ3v) is 6.84. The van der Waals surface area contributed by atoms with Gasteiger partial charge in [-0.05, 0) is 36.4 Å². The highest BCUT2D eigenvalue weighted by Gasteiger charge is 2.23. The minimum atomic E-state index is -0.0643. The number of anilines is 1. The molecule has 0 atom stereocenters. The quantitative estimate of drug-likeness (QED) is 0.630. The molecule has 1 fully saturated rings. The number of carbonyl (C=O) groups excluding carboxylic acids is 2. The lowest BCUT2D eigenvalue weighted by atomic mass is 10.0. The number of piperidine rings is 1. The fourth-order valence-electron chi connectivity index (χ4n) is 3.31. The van der Waals surface area contributed by atoms with Gasteiger partial charge in [0.25, 0.3) is 5.91 Å². The Hall–Kier alpha value is -2.55. The van der Waals surface area contributed by atoms with E-state index in [1.807, 2.05) is 47.8 Å². The number of amides is 2. The van der Waals surface area contributed by atoms with E-state index in [1.165, 1.54) is 11.3 Å². The van der Waals surface area contributed by atoms with Crippen LogP contribution in [-0.2, 0) is 4.79 Å². The number of rotatable bonds is 6. The van der Waals surface area contributed by atoms with Gasteiger partial charge in [-0.25, -0.2) is 4.98 Å². The number of thiazole rings is 1. The van der Waals surface area contributed by atoms with E-state index in [9.17, 15) is 9.59 Å². The molecule has 1 saturated heterocycles. The van der Waals surface area contributed by atoms with Crippen molar-refractivity contribution < 1.29 is 9.59 Å². The summed E-state index contributed by atoms with van der Waals surface area (Å²) in [6.45, 7) is 1.95. The number of carbonyl (C=O) groups is 2. The van der Waals surface area contributed by atoms with Crippen LogP contribution in [0.4, 0.5) is 5.69 Å². The van der Waals surface area contributed by atoms with Crippen molar-refractivity contribution in [1.82, 2.24) is 15.2 Å². The zero-order chi connectivity index (χ0) is 20.1. The third kappa shape index (κ3) is 5.29. The Labute approximate surface area is 177 Å². The molecule has 150 valence electrons. The first-order valence-electron chi connectivity index (χ1n) is 9.55. The van der Waals surface area contributed by atoms with Crippen molar-refractivity contribution >= 4 is 40.2 Å². The van der Waals surface area contributed by atoms with Gasteiger partial charge in [0, 0.05) is 24.8 Å². The normalized spacial score (nSPS) is 15.2. The molecule has 0 aliphatic carbocycles. The molecule has 2 N–H and O–H groups in total. The van der Waals surface area contributed by atoms with Crippen LogP contribution in [0.1, 0.15) is 22.5 Å². The van der Waals surface area contributed by atoms with Gasteiger partial charge in [-0.3, -0.25) is 14.5 Å². The number of nitrogens with one attached hydrogen (secondary N) is 2. The van der Waals surface area contributed by atoms with Gasteiger partial charge < -0.3 is 10.6 Å². The maximum atomic E-state index is 12.5. The predicted molar refractivity (Wildman–Crippen MR) is 117 cm³/mol. The van der Waals surface area contributed by atoms with E-state index in [2.05, 4.69) is 20.5 Å². The number of hydrogen-bond acceptors (Lipinski definition) is 6. The van der Waals surface area contributed by atoms with Gasteiger partial charge >= 0.3 is 0 Å². The highest BCUT2D eigenvalue weighted by Crippen LogP contribution is 2.29. The monoisotopic (exact) mass is 426 g/mol. The van der Waals surface area contributed by atoms with E-state index >= 15 is 0 Å². The van der Waals surface area contributed by atoms with Crippen molar-refractivity contribution in [1.29, 1.82) is 0 Å². The Morgan fingerprint density at radius 3 is 2.62 bits per heavy atom. The molecule has 1 aromatic carbocycles. The molecule has 2 amide bonds. The van der Waals surface area contributed by atoms with Gasteiger partial charge in [0.2, 0.25) is 5.91 Å². The van der Waals surface area contributed by atoms with E-state index in [0.717, 1.165) is 41.5 Å². The lowest BCUT2D eigenvalue weighted by Gasteiger charge is -2.31. The maximum Gasteiger partial charge on any atom is 0.263 e. The van der Waals surface area contributed by atoms with Crippen LogP contribution in [0, 0.1) is 0 Å². The fraction of sp³-hybridized carbons (Fsp3) is 0.286. The van der Waals surface area contributed by atoms with Crippen LogP contribution in [0.25, 0.3) is 9.88 Å². The summed E-state index contributed by atoms with van der Waals surface area (Å²) < 4.78 is 0. The van der Waals surface area contributed by atoms with Crippen molar-refractivity contribution in [2.45, 2.75) is 18.9 Å². The lowest BCUT2D eigenvalue weighted by Crippen LogP contribution is -2.46. The molecule has 4 rings (SSSR count). The van der Waals surface area contributed by atoms with Crippen LogP contribution in [-0.4, -0.2) is 47.4 Å². The summed E-state index contributed by atoms with van der Waals surface area (Å²) in [7, 11) is 0. The molecule has 3 heterocycles. The van der Waals surface area contributed by atoms with Crippen LogP contribution in [0.15, 0.2) is 54.0 Å². The minimum Gasteiger partial charge on any atom is -0.348 e. The molecule has 1 aliphatic rings. The topological polar surface area (TPSA) is 74.3 Å². The van der Waals surface area contributed by atoms with Crippen molar-refractivity contribution in [3.05, 3.63) is 58.9 Å². The van der Waals surface area contributed by atoms with Crippen LogP contribution in [0.5, 0.6) is 0 Å². The zero-order valence-corrected chi connectivity index (χ0v) is 17.5. The molecule has 0 spiro atoms. The average molecular weight is 427 g/mol. The zero-order valence-electron chi connectivity index (χ0n) is 15.8. The summed E-state index contributed by atoms with van der Waals surface area (Å²) in [5.74, 6) is -0.0740. The SMILES string of the molecule is O=C(CN1CCC(NC(=O)c2cnc(-c3cccs3)s2)CC1)Nc1ccccc1. The second kappa shape index (κ2) is 9.30. The highest BCUT2D eigenvalue weighted by molar-refractivity contribution is 7.21. The smallest absolute Gasteiger partial charge is 0.263 e. The molecule has 3 aromatic rings. The summed E-state index contributed by atoms with van der Waals surface area (Å²) in [6.07, 6.45) is 3.32. The first kappa shape index (κ1) is 19.8. The minimum absolute atomic E-state index is 0.00977. The summed E-state index contributed by atoms with van der Waals surface area (Å²) in [6, 6.07) is 13.6. The molecule has 29 heavy (non-hydrogen) atoms. The summed E-state index contributed by atoms with van der Waals surface area (Å²) in [5.41, 5.74) is 0.811. The number of likely N-dealkylation sites (tertiary alicyclic amines) is 1. The van der Waals surface area contributed by atoms with E-state index in [0.29, 0.717) is 11.4 Å². The number of hydrogen-bond donors (Lipinski definition) is 2. The fourth-order valence-corrected chi connectivity index (χ4v) is 4.93. The summed E-state index contributed by atoms with van der Waals surface area (Å²) in [4.78, 5) is 33.0. The molecule has 0 radical (unpaired) electrons. The first-order chi connectivity index (χ1) is 14.2. The Morgan fingerprint density at radius 1 is 1.10 bits per heavy atom. The predicted octanol–water partition coefficient (Wildman–Crippen LogP) is 3.70. The number of thiophene rings is 1. The van der Waals surface area contributed by atoms with Gasteiger partial charge in [-0.2, -0.15) is 0 Å². The Morgan fingerprint density at radius 2 is 1.90 bits per heavy atom. The number of aromatic nitrogens is 1. The van der Waals surface area contributed by atoms with E-state index in [-0.39, 0.29) is 17.9 Å².